The Morgan fingerprint density at radius 1 is 1.27 bits per heavy atom. The monoisotopic (exact) mass is 197 g/mol. The topological polar surface area (TPSA) is 26.0 Å². The molecular formula is C14H15N. The van der Waals surface area contributed by atoms with Crippen molar-refractivity contribution in [3.05, 3.63) is 72.9 Å². The van der Waals surface area contributed by atoms with Crippen molar-refractivity contribution in [2.24, 2.45) is 0 Å². The summed E-state index contributed by atoms with van der Waals surface area (Å²) < 4.78 is 0. The van der Waals surface area contributed by atoms with E-state index in [1.165, 1.54) is 0 Å². The third-order valence-corrected chi connectivity index (χ3v) is 1.92. The van der Waals surface area contributed by atoms with Crippen LogP contribution >= 0.6 is 0 Å². The van der Waals surface area contributed by atoms with E-state index in [1.807, 2.05) is 42.5 Å². The van der Waals surface area contributed by atoms with E-state index in [4.69, 9.17) is 5.73 Å². The highest BCUT2D eigenvalue weighted by Gasteiger charge is 1.88. The van der Waals surface area contributed by atoms with E-state index >= 15 is 0 Å². The van der Waals surface area contributed by atoms with E-state index in [0.717, 1.165) is 16.8 Å². The zero-order valence-electron chi connectivity index (χ0n) is 8.69. The predicted molar refractivity (Wildman–Crippen MR) is 68.4 cm³/mol. The Morgan fingerprint density at radius 2 is 2.07 bits per heavy atom. The molecule has 0 bridgehead atoms. The van der Waals surface area contributed by atoms with Crippen LogP contribution in [0.4, 0.5) is 5.69 Å². The smallest absolute Gasteiger partial charge is 0.0319 e. The summed E-state index contributed by atoms with van der Waals surface area (Å²) in [7, 11) is 0. The van der Waals surface area contributed by atoms with Crippen molar-refractivity contribution in [2.45, 2.75) is 0 Å². The van der Waals surface area contributed by atoms with Gasteiger partial charge in [-0.2, -0.15) is 0 Å². The Kier molecular flexibility index (Phi) is 4.17. The molecule has 0 unspecified atom stereocenters. The van der Waals surface area contributed by atoms with Gasteiger partial charge in [0.2, 0.25) is 0 Å². The molecule has 1 aromatic rings. The molecule has 0 aromatic heterocycles. The maximum absolute atomic E-state index is 5.67. The lowest BCUT2D eigenvalue weighted by molar-refractivity contribution is 1.63. The van der Waals surface area contributed by atoms with Gasteiger partial charge in [-0.15, -0.1) is 0 Å². The summed E-state index contributed by atoms with van der Waals surface area (Å²) in [4.78, 5) is 0. The maximum Gasteiger partial charge on any atom is 0.0319 e. The van der Waals surface area contributed by atoms with Gasteiger partial charge in [0.05, 0.1) is 0 Å². The molecule has 0 heterocycles. The van der Waals surface area contributed by atoms with Crippen LogP contribution in [0.5, 0.6) is 0 Å². The standard InChI is InChI=1S/C14H15N/c1-3-6-12(4-2)9-10-13-7-5-8-14(15)11-13/h3-11H,1-2,15H2/b10-9+,12-6+. The molecule has 0 saturated carbocycles. The average Bonchev–Trinajstić information content (AvgIpc) is 2.24. The van der Waals surface area contributed by atoms with Gasteiger partial charge in [0.25, 0.3) is 0 Å². The number of nitrogen functional groups attached to an aromatic ring is 1. The van der Waals surface area contributed by atoms with Crippen molar-refractivity contribution in [1.29, 1.82) is 0 Å². The molecule has 0 fully saturated rings. The minimum atomic E-state index is 0.769. The van der Waals surface area contributed by atoms with Crippen LogP contribution < -0.4 is 5.73 Å². The second kappa shape index (κ2) is 5.66. The molecule has 1 nitrogen and oxygen atoms in total. The zero-order chi connectivity index (χ0) is 11.1. The first kappa shape index (κ1) is 11.1. The van der Waals surface area contributed by atoms with Gasteiger partial charge >= 0.3 is 0 Å². The Labute approximate surface area is 90.9 Å². The molecule has 1 aromatic carbocycles. The van der Waals surface area contributed by atoms with Crippen LogP contribution in [0.25, 0.3) is 6.08 Å². The molecule has 0 aliphatic carbocycles. The third kappa shape index (κ3) is 3.69. The largest absolute Gasteiger partial charge is 0.399 e. The van der Waals surface area contributed by atoms with E-state index in [9.17, 15) is 0 Å². The minimum Gasteiger partial charge on any atom is -0.399 e. The first-order valence-corrected chi connectivity index (χ1v) is 4.75. The summed E-state index contributed by atoms with van der Waals surface area (Å²) in [6, 6.07) is 7.72. The zero-order valence-corrected chi connectivity index (χ0v) is 8.69. The number of hydrogen-bond acceptors (Lipinski definition) is 1. The molecule has 2 N–H and O–H groups in total. The normalized spacial score (nSPS) is 11.6. The van der Waals surface area contributed by atoms with E-state index < -0.39 is 0 Å². The maximum atomic E-state index is 5.67. The number of hydrogen-bond donors (Lipinski definition) is 1. The Balaban J connectivity index is 2.85. The van der Waals surface area contributed by atoms with Gasteiger partial charge in [-0.05, 0) is 23.3 Å². The van der Waals surface area contributed by atoms with Crippen molar-refractivity contribution >= 4 is 11.8 Å². The predicted octanol–water partition coefficient (Wildman–Crippen LogP) is 3.58. The highest BCUT2D eigenvalue weighted by molar-refractivity contribution is 5.58. The van der Waals surface area contributed by atoms with Crippen LogP contribution in [0.15, 0.2) is 67.3 Å². The Hall–Kier alpha value is -2.02. The fourth-order valence-electron chi connectivity index (χ4n) is 1.18. The summed E-state index contributed by atoms with van der Waals surface area (Å²) in [5, 5.41) is 0. The van der Waals surface area contributed by atoms with Crippen molar-refractivity contribution in [3.63, 3.8) is 0 Å². The molecule has 0 aliphatic heterocycles. The number of nitrogens with two attached hydrogens (primary N) is 1. The number of allylic oxidation sites excluding steroid dienone is 5. The van der Waals surface area contributed by atoms with Gasteiger partial charge in [-0.3, -0.25) is 0 Å². The number of rotatable bonds is 4. The van der Waals surface area contributed by atoms with E-state index in [1.54, 1.807) is 12.2 Å². The lowest BCUT2D eigenvalue weighted by atomic mass is 10.1. The molecule has 0 amide bonds. The molecule has 0 radical (unpaired) electrons. The summed E-state index contributed by atoms with van der Waals surface area (Å²) in [5.74, 6) is 0. The van der Waals surface area contributed by atoms with Crippen LogP contribution in [0.2, 0.25) is 0 Å². The average molecular weight is 197 g/mol. The van der Waals surface area contributed by atoms with Crippen molar-refractivity contribution < 1.29 is 0 Å². The first-order valence-electron chi connectivity index (χ1n) is 4.75. The molecular weight excluding hydrogens is 182 g/mol. The Morgan fingerprint density at radius 3 is 2.67 bits per heavy atom. The van der Waals surface area contributed by atoms with Gasteiger partial charge in [0, 0.05) is 5.69 Å². The lowest BCUT2D eigenvalue weighted by Gasteiger charge is -1.96. The SMILES string of the molecule is C=C/C=C(C=C)/C=C/c1cccc(N)c1. The van der Waals surface area contributed by atoms with Gasteiger partial charge in [0.15, 0.2) is 0 Å². The highest BCUT2D eigenvalue weighted by atomic mass is 14.5. The van der Waals surface area contributed by atoms with Crippen LogP contribution in [-0.2, 0) is 0 Å². The van der Waals surface area contributed by atoms with Gasteiger partial charge in [-0.25, -0.2) is 0 Å². The van der Waals surface area contributed by atoms with E-state index in [-0.39, 0.29) is 0 Å². The highest BCUT2D eigenvalue weighted by Crippen LogP contribution is 2.10. The van der Waals surface area contributed by atoms with Crippen LogP contribution in [-0.4, -0.2) is 0 Å². The van der Waals surface area contributed by atoms with Gasteiger partial charge < -0.3 is 5.73 Å². The summed E-state index contributed by atoms with van der Waals surface area (Å²) in [6.07, 6.45) is 9.39. The Bertz CT molecular complexity index is 411. The summed E-state index contributed by atoms with van der Waals surface area (Å²) in [6.45, 7) is 7.36. The van der Waals surface area contributed by atoms with Crippen LogP contribution in [0, 0.1) is 0 Å². The molecule has 1 rings (SSSR count). The van der Waals surface area contributed by atoms with Gasteiger partial charge in [0.1, 0.15) is 0 Å². The molecule has 15 heavy (non-hydrogen) atoms. The van der Waals surface area contributed by atoms with Crippen LogP contribution in [0.3, 0.4) is 0 Å². The van der Waals surface area contributed by atoms with E-state index in [0.29, 0.717) is 0 Å². The van der Waals surface area contributed by atoms with E-state index in [2.05, 4.69) is 13.2 Å². The van der Waals surface area contributed by atoms with Gasteiger partial charge in [-0.1, -0.05) is 55.7 Å². The summed E-state index contributed by atoms with van der Waals surface area (Å²) in [5.41, 5.74) is 8.54. The second-order valence-corrected chi connectivity index (χ2v) is 3.11. The molecule has 0 spiro atoms. The van der Waals surface area contributed by atoms with Crippen molar-refractivity contribution in [2.75, 3.05) is 5.73 Å². The third-order valence-electron chi connectivity index (χ3n) is 1.92. The number of benzene rings is 1. The molecule has 76 valence electrons. The lowest BCUT2D eigenvalue weighted by Crippen LogP contribution is -1.83. The minimum absolute atomic E-state index is 0.769. The van der Waals surface area contributed by atoms with Crippen molar-refractivity contribution in [3.8, 4) is 0 Å². The molecule has 0 aliphatic rings. The summed E-state index contributed by atoms with van der Waals surface area (Å²) >= 11 is 0. The molecule has 0 atom stereocenters. The van der Waals surface area contributed by atoms with Crippen molar-refractivity contribution in [1.82, 2.24) is 0 Å². The molecule has 1 heteroatoms. The molecule has 0 saturated heterocycles. The first-order chi connectivity index (χ1) is 7.26. The van der Waals surface area contributed by atoms with Crippen LogP contribution in [0.1, 0.15) is 5.56 Å². The quantitative estimate of drug-likeness (QED) is 0.579. The number of anilines is 1. The fourth-order valence-corrected chi connectivity index (χ4v) is 1.18. The fraction of sp³-hybridized carbons (Fsp3) is 0. The second-order valence-electron chi connectivity index (χ2n) is 3.11.